The van der Waals surface area contributed by atoms with Gasteiger partial charge in [0.2, 0.25) is 5.91 Å². The van der Waals surface area contributed by atoms with Crippen molar-refractivity contribution in [2.75, 3.05) is 18.0 Å². The molecule has 51 heavy (non-hydrogen) atoms. The molecule has 0 spiro atoms. The van der Waals surface area contributed by atoms with Crippen LogP contribution >= 0.6 is 0 Å². The molecule has 5 rings (SSSR count). The second kappa shape index (κ2) is 19.4. The summed E-state index contributed by atoms with van der Waals surface area (Å²) in [4.78, 5) is 12.8. The number of carbonyl (C=O) groups is 1. The van der Waals surface area contributed by atoms with Crippen molar-refractivity contribution in [1.29, 1.82) is 0 Å². The average Bonchev–Trinajstić information content (AvgIpc) is 3.47. The normalized spacial score (nSPS) is 32.1. The number of fused-ring (bicyclic) bond motifs is 5. The van der Waals surface area contributed by atoms with E-state index in [0.717, 1.165) is 67.6 Å². The molecule has 1 aromatic rings. The Morgan fingerprint density at radius 1 is 0.804 bits per heavy atom. The van der Waals surface area contributed by atoms with Gasteiger partial charge in [0, 0.05) is 18.7 Å². The number of amides is 1. The van der Waals surface area contributed by atoms with Crippen molar-refractivity contribution < 1.29 is 9.53 Å². The third-order valence-corrected chi connectivity index (χ3v) is 15.4. The highest BCUT2D eigenvalue weighted by Crippen LogP contribution is 2.68. The fraction of sp³-hybridized carbons (Fsp3) is 0.848. The van der Waals surface area contributed by atoms with E-state index in [1.165, 1.54) is 128 Å². The minimum absolute atomic E-state index is 0.257. The van der Waals surface area contributed by atoms with Crippen LogP contribution in [0.3, 0.4) is 0 Å². The van der Waals surface area contributed by atoms with Crippen molar-refractivity contribution in [2.24, 2.45) is 46.3 Å². The molecule has 0 saturated heterocycles. The summed E-state index contributed by atoms with van der Waals surface area (Å²) in [5.41, 5.74) is 14.4. The lowest BCUT2D eigenvalue weighted by Gasteiger charge is -2.61. The predicted octanol–water partition coefficient (Wildman–Crippen LogP) is 12.3. The van der Waals surface area contributed by atoms with Crippen molar-refractivity contribution in [3.8, 4) is 5.75 Å². The average molecular weight is 706 g/mol. The van der Waals surface area contributed by atoms with Crippen molar-refractivity contribution in [2.45, 2.75) is 194 Å². The second-order valence-corrected chi connectivity index (χ2v) is 18.7. The van der Waals surface area contributed by atoms with E-state index in [9.17, 15) is 4.79 Å². The lowest BCUT2D eigenvalue weighted by atomic mass is 9.44. The van der Waals surface area contributed by atoms with E-state index in [2.05, 4.69) is 33.0 Å². The van der Waals surface area contributed by atoms with E-state index in [4.69, 9.17) is 16.2 Å². The Hall–Kier alpha value is -1.91. The predicted molar refractivity (Wildman–Crippen MR) is 217 cm³/mol. The van der Waals surface area contributed by atoms with E-state index < -0.39 is 0 Å². The van der Waals surface area contributed by atoms with Gasteiger partial charge in [-0.1, -0.05) is 111 Å². The first kappa shape index (κ1) is 40.3. The summed E-state index contributed by atoms with van der Waals surface area (Å²) in [6.45, 7) is 10.9. The Kier molecular flexibility index (Phi) is 15.3. The third kappa shape index (κ3) is 10.4. The zero-order valence-electron chi connectivity index (χ0n) is 33.6. The number of benzene rings is 1. The van der Waals surface area contributed by atoms with Crippen LogP contribution in [0, 0.1) is 46.3 Å². The molecule has 2 unspecified atom stereocenters. The highest BCUT2D eigenvalue weighted by atomic mass is 16.5. The molecule has 5 nitrogen and oxygen atoms in total. The maximum absolute atomic E-state index is 12.8. The fourth-order valence-corrected chi connectivity index (χ4v) is 12.4. The Balaban J connectivity index is 0.962. The fourth-order valence-electron chi connectivity index (χ4n) is 12.4. The molecule has 5 heteroatoms. The zero-order valence-corrected chi connectivity index (χ0v) is 33.6. The monoisotopic (exact) mass is 706 g/mol. The molecule has 290 valence electrons. The maximum Gasteiger partial charge on any atom is 0.220 e. The molecule has 0 heterocycles. The van der Waals surface area contributed by atoms with Crippen LogP contribution in [-0.2, 0) is 4.79 Å². The molecule has 4 aliphatic carbocycles. The topological polar surface area (TPSA) is 90.4 Å². The van der Waals surface area contributed by atoms with E-state index in [-0.39, 0.29) is 12.0 Å². The van der Waals surface area contributed by atoms with Gasteiger partial charge in [0.15, 0.2) is 0 Å². The Labute approximate surface area is 314 Å². The summed E-state index contributed by atoms with van der Waals surface area (Å²) in [6, 6.07) is 5.66. The van der Waals surface area contributed by atoms with Crippen LogP contribution in [0.1, 0.15) is 188 Å². The van der Waals surface area contributed by atoms with Gasteiger partial charge in [0.05, 0.1) is 11.8 Å². The van der Waals surface area contributed by atoms with Crippen molar-refractivity contribution >= 4 is 17.3 Å². The number of hydrogen-bond acceptors (Lipinski definition) is 4. The van der Waals surface area contributed by atoms with Crippen LogP contribution < -0.4 is 21.5 Å². The molecule has 9 atom stereocenters. The number of unbranched alkanes of at least 4 members (excludes halogenated alkanes) is 13. The van der Waals surface area contributed by atoms with Crippen LogP contribution in [-0.4, -0.2) is 18.6 Å². The summed E-state index contributed by atoms with van der Waals surface area (Å²) >= 11 is 0. The summed E-state index contributed by atoms with van der Waals surface area (Å²) in [5.74, 6) is 5.81. The first-order valence-corrected chi connectivity index (χ1v) is 22.2. The van der Waals surface area contributed by atoms with Crippen LogP contribution in [0.5, 0.6) is 5.75 Å². The van der Waals surface area contributed by atoms with Crippen LogP contribution in [0.4, 0.5) is 11.4 Å². The molecule has 1 amide bonds. The van der Waals surface area contributed by atoms with Gasteiger partial charge in [0.1, 0.15) is 5.75 Å². The van der Waals surface area contributed by atoms with Gasteiger partial charge >= 0.3 is 0 Å². The first-order chi connectivity index (χ1) is 24.7. The second-order valence-electron chi connectivity index (χ2n) is 18.7. The zero-order chi connectivity index (χ0) is 36.3. The SMILES string of the molecule is CCCCCCCCCCCCCCCCNC(=O)CC[C@@H](C)[C@H]1CC[C@H]2[C@@H]3CCC4CC(Oc5ccc(N)cc5N)CC[C@]4(C)[C@H]3CC[C@]12C. The summed E-state index contributed by atoms with van der Waals surface area (Å²) in [7, 11) is 0. The highest BCUT2D eigenvalue weighted by Gasteiger charge is 2.60. The molecule has 4 fully saturated rings. The number of ether oxygens (including phenoxy) is 1. The van der Waals surface area contributed by atoms with Gasteiger partial charge in [-0.15, -0.1) is 0 Å². The van der Waals surface area contributed by atoms with Crippen molar-refractivity contribution in [1.82, 2.24) is 5.32 Å². The van der Waals surface area contributed by atoms with Gasteiger partial charge in [-0.2, -0.15) is 0 Å². The minimum atomic E-state index is 0.257. The van der Waals surface area contributed by atoms with Crippen LogP contribution in [0.25, 0.3) is 0 Å². The Morgan fingerprint density at radius 3 is 2.10 bits per heavy atom. The molecule has 0 aliphatic heterocycles. The van der Waals surface area contributed by atoms with Crippen molar-refractivity contribution in [3.05, 3.63) is 18.2 Å². The van der Waals surface area contributed by atoms with Gasteiger partial charge in [-0.25, -0.2) is 0 Å². The number of rotatable bonds is 21. The first-order valence-electron chi connectivity index (χ1n) is 22.2. The maximum atomic E-state index is 12.8. The van der Waals surface area contributed by atoms with E-state index >= 15 is 0 Å². The molecule has 0 radical (unpaired) electrons. The largest absolute Gasteiger partial charge is 0.488 e. The number of nitrogens with one attached hydrogen (secondary N) is 1. The van der Waals surface area contributed by atoms with Gasteiger partial charge < -0.3 is 21.5 Å². The molecule has 0 aromatic heterocycles. The quantitative estimate of drug-likeness (QED) is 0.0877. The number of nitrogens with two attached hydrogens (primary N) is 2. The lowest BCUT2D eigenvalue weighted by molar-refractivity contribution is -0.127. The molecular formula is C46H79N3O2. The smallest absolute Gasteiger partial charge is 0.220 e. The van der Waals surface area contributed by atoms with Gasteiger partial charge in [0.25, 0.3) is 0 Å². The minimum Gasteiger partial charge on any atom is -0.488 e. The Morgan fingerprint density at radius 2 is 1.43 bits per heavy atom. The number of carbonyl (C=O) groups excluding carboxylic acids is 1. The van der Waals surface area contributed by atoms with Gasteiger partial charge in [-0.3, -0.25) is 4.79 Å². The molecular weight excluding hydrogens is 627 g/mol. The standard InChI is InChI=1S/C46H79N3O2/c1-5-6-7-8-9-10-11-12-13-14-15-16-17-18-31-49-44(50)26-19-34(2)39-23-24-40-38-22-20-35-32-37(51-43-25-21-36(47)33-42(43)48)27-29-45(35,3)41(38)28-30-46(39,40)4/h21,25,33-35,37-41H,5-20,22-24,26-32,47-48H2,1-4H3,(H,49,50)/t34-,35?,37?,38+,39-,40+,41+,45+,46-/m1/s1. The van der Waals surface area contributed by atoms with Gasteiger partial charge in [-0.05, 0) is 135 Å². The van der Waals surface area contributed by atoms with E-state index in [1.54, 1.807) is 0 Å². The summed E-state index contributed by atoms with van der Waals surface area (Å²) < 4.78 is 6.49. The lowest BCUT2D eigenvalue weighted by Crippen LogP contribution is -2.54. The third-order valence-electron chi connectivity index (χ3n) is 15.4. The molecule has 4 saturated carbocycles. The summed E-state index contributed by atoms with van der Waals surface area (Å²) in [5, 5.41) is 3.27. The van der Waals surface area contributed by atoms with Crippen LogP contribution in [0.15, 0.2) is 18.2 Å². The Bertz CT molecular complexity index is 1200. The summed E-state index contributed by atoms with van der Waals surface area (Å²) in [6.07, 6.45) is 33.1. The van der Waals surface area contributed by atoms with E-state index in [0.29, 0.717) is 34.5 Å². The molecule has 0 bridgehead atoms. The van der Waals surface area contributed by atoms with E-state index in [1.807, 2.05) is 18.2 Å². The van der Waals surface area contributed by atoms with Crippen molar-refractivity contribution in [3.63, 3.8) is 0 Å². The number of hydrogen-bond donors (Lipinski definition) is 3. The molecule has 4 aliphatic rings. The highest BCUT2D eigenvalue weighted by molar-refractivity contribution is 5.75. The number of nitrogen functional groups attached to an aromatic ring is 2. The molecule has 5 N–H and O–H groups in total. The molecule has 1 aromatic carbocycles. The number of anilines is 2. The van der Waals surface area contributed by atoms with Crippen LogP contribution in [0.2, 0.25) is 0 Å².